The lowest BCUT2D eigenvalue weighted by Crippen LogP contribution is -2.49. The maximum atomic E-state index is 13.5. The molecular weight excluding hydrogens is 454 g/mol. The fourth-order valence-corrected chi connectivity index (χ4v) is 5.71. The number of likely N-dealkylation sites (N-methyl/N-ethyl adjacent to an activating group) is 1. The highest BCUT2D eigenvalue weighted by Gasteiger charge is 2.38. The van der Waals surface area contributed by atoms with Crippen LogP contribution >= 0.6 is 0 Å². The zero-order chi connectivity index (χ0) is 24.9. The largest absolute Gasteiger partial charge is 0.487 e. The zero-order valence-corrected chi connectivity index (χ0v) is 20.9. The molecule has 2 N–H and O–H groups in total. The van der Waals surface area contributed by atoms with Gasteiger partial charge in [0.2, 0.25) is 10.0 Å². The SMILES string of the molecule is C[C@H](O)C#Cc1ccc2c(c1)O[C@H](CN(C)Cc1ccncc1)[C@H](C)CN([C@H](C)CO)S2(=O)=O. The molecule has 0 unspecified atom stereocenters. The first kappa shape index (κ1) is 26.1. The lowest BCUT2D eigenvalue weighted by Gasteiger charge is -2.37. The van der Waals surface area contributed by atoms with Crippen molar-refractivity contribution >= 4 is 10.0 Å². The molecule has 1 aromatic heterocycles. The van der Waals surface area contributed by atoms with Crippen molar-refractivity contribution in [3.8, 4) is 17.6 Å². The standard InChI is InChI=1S/C25H33N3O5S/c1-18-14-28(19(2)17-29)34(31,32)25-8-7-21(6-5-20(3)30)13-23(25)33-24(18)16-27(4)15-22-9-11-26-12-10-22/h7-13,18-20,24,29-30H,14-17H2,1-4H3/t18-,19-,20+,24-/m1/s1. The van der Waals surface area contributed by atoms with E-state index < -0.39 is 22.2 Å². The van der Waals surface area contributed by atoms with Crippen LogP contribution in [0.4, 0.5) is 0 Å². The molecule has 0 saturated heterocycles. The van der Waals surface area contributed by atoms with Gasteiger partial charge in [0.1, 0.15) is 22.9 Å². The fraction of sp³-hybridized carbons (Fsp3) is 0.480. The van der Waals surface area contributed by atoms with E-state index in [1.807, 2.05) is 26.1 Å². The molecule has 9 heteroatoms. The van der Waals surface area contributed by atoms with E-state index in [0.717, 1.165) is 5.56 Å². The third-order valence-corrected chi connectivity index (χ3v) is 7.81. The van der Waals surface area contributed by atoms with Crippen molar-refractivity contribution in [3.05, 3.63) is 53.9 Å². The summed E-state index contributed by atoms with van der Waals surface area (Å²) in [4.78, 5) is 6.23. The summed E-state index contributed by atoms with van der Waals surface area (Å²) in [6.45, 7) is 6.41. The molecule has 184 valence electrons. The number of fused-ring (bicyclic) bond motifs is 1. The van der Waals surface area contributed by atoms with Gasteiger partial charge in [-0.1, -0.05) is 18.8 Å². The van der Waals surface area contributed by atoms with Gasteiger partial charge in [-0.25, -0.2) is 8.42 Å². The molecule has 1 aliphatic rings. The number of benzene rings is 1. The van der Waals surface area contributed by atoms with Gasteiger partial charge in [0.25, 0.3) is 0 Å². The van der Waals surface area contributed by atoms with E-state index in [2.05, 4.69) is 21.7 Å². The topological polar surface area (TPSA) is 103 Å². The van der Waals surface area contributed by atoms with Crippen LogP contribution in [0, 0.1) is 17.8 Å². The summed E-state index contributed by atoms with van der Waals surface area (Å²) in [6.07, 6.45) is 2.39. The van der Waals surface area contributed by atoms with Gasteiger partial charge in [0.05, 0.1) is 6.61 Å². The molecule has 1 aromatic carbocycles. The molecule has 34 heavy (non-hydrogen) atoms. The second-order valence-corrected chi connectivity index (χ2v) is 10.8. The molecule has 0 amide bonds. The minimum atomic E-state index is -3.91. The summed E-state index contributed by atoms with van der Waals surface area (Å²) in [5.41, 5.74) is 1.67. The summed E-state index contributed by atoms with van der Waals surface area (Å²) in [5, 5.41) is 19.3. The van der Waals surface area contributed by atoms with E-state index in [9.17, 15) is 18.6 Å². The van der Waals surface area contributed by atoms with Crippen LogP contribution in [0.3, 0.4) is 0 Å². The Labute approximate surface area is 202 Å². The Hall–Kier alpha value is -2.48. The average Bonchev–Trinajstić information content (AvgIpc) is 2.80. The molecule has 0 saturated carbocycles. The van der Waals surface area contributed by atoms with Crippen molar-refractivity contribution in [1.29, 1.82) is 0 Å². The summed E-state index contributed by atoms with van der Waals surface area (Å²) in [7, 11) is -1.91. The van der Waals surface area contributed by atoms with Gasteiger partial charge in [-0.05, 0) is 56.8 Å². The number of hydrogen-bond acceptors (Lipinski definition) is 7. The van der Waals surface area contributed by atoms with Crippen molar-refractivity contribution in [3.63, 3.8) is 0 Å². The number of sulfonamides is 1. The molecule has 0 spiro atoms. The highest BCUT2D eigenvalue weighted by Crippen LogP contribution is 2.34. The summed E-state index contributed by atoms with van der Waals surface area (Å²) >= 11 is 0. The van der Waals surface area contributed by atoms with E-state index in [4.69, 9.17) is 4.74 Å². The molecule has 0 fully saturated rings. The lowest BCUT2D eigenvalue weighted by molar-refractivity contribution is 0.0733. The van der Waals surface area contributed by atoms with Gasteiger partial charge in [0.15, 0.2) is 0 Å². The number of nitrogens with zero attached hydrogens (tertiary/aromatic N) is 3. The number of aromatic nitrogens is 1. The highest BCUT2D eigenvalue weighted by atomic mass is 32.2. The Morgan fingerprint density at radius 3 is 2.62 bits per heavy atom. The molecule has 1 aliphatic heterocycles. The summed E-state index contributed by atoms with van der Waals surface area (Å²) in [5.74, 6) is 5.61. The first-order valence-corrected chi connectivity index (χ1v) is 12.8. The first-order chi connectivity index (χ1) is 16.1. The Morgan fingerprint density at radius 1 is 1.26 bits per heavy atom. The molecule has 8 nitrogen and oxygen atoms in total. The Kier molecular flexibility index (Phi) is 8.68. The Balaban J connectivity index is 1.99. The Morgan fingerprint density at radius 2 is 1.97 bits per heavy atom. The predicted octanol–water partition coefficient (Wildman–Crippen LogP) is 1.71. The second kappa shape index (κ2) is 11.3. The van der Waals surface area contributed by atoms with Gasteiger partial charge in [-0.3, -0.25) is 9.88 Å². The van der Waals surface area contributed by atoms with Crippen LogP contribution in [0.15, 0.2) is 47.6 Å². The maximum Gasteiger partial charge on any atom is 0.247 e. The van der Waals surface area contributed by atoms with Gasteiger partial charge in [0, 0.05) is 49.6 Å². The lowest BCUT2D eigenvalue weighted by atomic mass is 10.0. The highest BCUT2D eigenvalue weighted by molar-refractivity contribution is 7.89. The van der Waals surface area contributed by atoms with Crippen molar-refractivity contribution in [2.24, 2.45) is 5.92 Å². The molecule has 2 heterocycles. The third kappa shape index (κ3) is 6.34. The maximum absolute atomic E-state index is 13.5. The van der Waals surface area contributed by atoms with E-state index in [-0.39, 0.29) is 35.8 Å². The Bertz CT molecular complexity index is 1130. The van der Waals surface area contributed by atoms with E-state index in [1.54, 1.807) is 38.4 Å². The smallest absolute Gasteiger partial charge is 0.247 e. The molecule has 2 aromatic rings. The van der Waals surface area contributed by atoms with Gasteiger partial charge in [-0.2, -0.15) is 4.31 Å². The third-order valence-electron chi connectivity index (χ3n) is 5.79. The van der Waals surface area contributed by atoms with Crippen molar-refractivity contribution in [2.75, 3.05) is 26.7 Å². The number of hydrogen-bond donors (Lipinski definition) is 2. The molecule has 0 bridgehead atoms. The quantitative estimate of drug-likeness (QED) is 0.598. The van der Waals surface area contributed by atoms with Gasteiger partial charge >= 0.3 is 0 Å². The van der Waals surface area contributed by atoms with E-state index in [1.165, 1.54) is 10.4 Å². The zero-order valence-electron chi connectivity index (χ0n) is 20.0. The second-order valence-electron chi connectivity index (χ2n) is 8.90. The molecule has 0 radical (unpaired) electrons. The van der Waals surface area contributed by atoms with Crippen LogP contribution in [-0.4, -0.2) is 77.8 Å². The van der Waals surface area contributed by atoms with Crippen molar-refractivity contribution < 1.29 is 23.4 Å². The number of aliphatic hydroxyl groups excluding tert-OH is 2. The number of aliphatic hydroxyl groups is 2. The minimum Gasteiger partial charge on any atom is -0.487 e. The molecule has 4 atom stereocenters. The van der Waals surface area contributed by atoms with Crippen LogP contribution in [0.1, 0.15) is 31.9 Å². The monoisotopic (exact) mass is 487 g/mol. The molecule has 3 rings (SSSR count). The average molecular weight is 488 g/mol. The normalized spacial score (nSPS) is 21.9. The fourth-order valence-electron chi connectivity index (χ4n) is 3.88. The van der Waals surface area contributed by atoms with Crippen LogP contribution in [0.25, 0.3) is 0 Å². The van der Waals surface area contributed by atoms with Crippen molar-refractivity contribution in [1.82, 2.24) is 14.2 Å². The van der Waals surface area contributed by atoms with Crippen LogP contribution in [0.5, 0.6) is 5.75 Å². The van der Waals surface area contributed by atoms with Crippen LogP contribution < -0.4 is 4.74 Å². The molecular formula is C25H33N3O5S. The van der Waals surface area contributed by atoms with E-state index >= 15 is 0 Å². The predicted molar refractivity (Wildman–Crippen MR) is 130 cm³/mol. The van der Waals surface area contributed by atoms with E-state index in [0.29, 0.717) is 18.7 Å². The van der Waals surface area contributed by atoms with Crippen LogP contribution in [0.2, 0.25) is 0 Å². The summed E-state index contributed by atoms with van der Waals surface area (Å²) in [6, 6.07) is 8.03. The number of ether oxygens (including phenoxy) is 1. The summed E-state index contributed by atoms with van der Waals surface area (Å²) < 4.78 is 34.7. The number of pyridine rings is 1. The minimum absolute atomic E-state index is 0.0454. The first-order valence-electron chi connectivity index (χ1n) is 11.3. The number of rotatable bonds is 6. The van der Waals surface area contributed by atoms with Crippen LogP contribution in [-0.2, 0) is 16.6 Å². The van der Waals surface area contributed by atoms with Gasteiger partial charge in [-0.15, -0.1) is 0 Å². The molecule has 0 aliphatic carbocycles. The van der Waals surface area contributed by atoms with Gasteiger partial charge < -0.3 is 14.9 Å². The van der Waals surface area contributed by atoms with Crippen molar-refractivity contribution in [2.45, 2.75) is 50.5 Å².